The number of amides is 1. The molecular weight excluding hydrogens is 278 g/mol. The highest BCUT2D eigenvalue weighted by atomic mass is 16.5. The molecule has 8 heteroatoms. The van der Waals surface area contributed by atoms with Crippen molar-refractivity contribution >= 4 is 11.9 Å². The first-order valence-corrected chi connectivity index (χ1v) is 6.71. The van der Waals surface area contributed by atoms with Crippen molar-refractivity contribution in [3.05, 3.63) is 32.6 Å². The molecular formula is C13H17N3O5. The van der Waals surface area contributed by atoms with E-state index in [1.54, 1.807) is 0 Å². The maximum absolute atomic E-state index is 12.3. The molecule has 0 saturated carbocycles. The van der Waals surface area contributed by atoms with Crippen molar-refractivity contribution in [3.8, 4) is 0 Å². The van der Waals surface area contributed by atoms with Crippen LogP contribution in [0.15, 0.2) is 15.7 Å². The molecule has 1 aromatic heterocycles. The quantitative estimate of drug-likeness (QED) is 0.706. The van der Waals surface area contributed by atoms with Gasteiger partial charge in [0, 0.05) is 18.3 Å². The van der Waals surface area contributed by atoms with E-state index in [1.165, 1.54) is 12.0 Å². The lowest BCUT2D eigenvalue weighted by Crippen LogP contribution is -2.49. The highest BCUT2D eigenvalue weighted by molar-refractivity contribution is 5.85. The second kappa shape index (κ2) is 6.38. The van der Waals surface area contributed by atoms with Gasteiger partial charge in [-0.3, -0.25) is 14.6 Å². The van der Waals surface area contributed by atoms with Gasteiger partial charge >= 0.3 is 11.7 Å². The lowest BCUT2D eigenvalue weighted by Gasteiger charge is -2.33. The third-order valence-electron chi connectivity index (χ3n) is 3.45. The number of hydrogen-bond acceptors (Lipinski definition) is 5. The number of aromatic nitrogens is 2. The van der Waals surface area contributed by atoms with Crippen LogP contribution in [0.4, 0.5) is 0 Å². The zero-order valence-electron chi connectivity index (χ0n) is 11.7. The standard InChI is InChI=1S/C13H17N3O5/c1-21-12(19)9-4-2-3-5-16(9)11(18)7-8-6-10(17)15-13(20)14-8/h6,9H,2-5,7H2,1H3,(H2,14,15,17,20). The molecule has 0 aromatic carbocycles. The molecule has 21 heavy (non-hydrogen) atoms. The number of aromatic amines is 2. The molecule has 2 rings (SSSR count). The van der Waals surface area contributed by atoms with Crippen LogP contribution < -0.4 is 11.2 Å². The van der Waals surface area contributed by atoms with Crippen LogP contribution in [-0.2, 0) is 20.7 Å². The van der Waals surface area contributed by atoms with Crippen LogP contribution in [0.3, 0.4) is 0 Å². The minimum atomic E-state index is -0.659. The SMILES string of the molecule is COC(=O)C1CCCCN1C(=O)Cc1cc(=O)[nH]c(=O)[nH]1. The molecule has 1 atom stereocenters. The molecule has 1 fully saturated rings. The summed E-state index contributed by atoms with van der Waals surface area (Å²) < 4.78 is 4.71. The summed E-state index contributed by atoms with van der Waals surface area (Å²) in [5.74, 6) is -0.756. The van der Waals surface area contributed by atoms with E-state index in [1.807, 2.05) is 4.98 Å². The number of nitrogens with one attached hydrogen (secondary N) is 2. The Labute approximate surface area is 120 Å². The fourth-order valence-electron chi connectivity index (χ4n) is 2.49. The Hall–Kier alpha value is -2.38. The molecule has 1 aliphatic heterocycles. The van der Waals surface area contributed by atoms with Crippen LogP contribution in [0.25, 0.3) is 0 Å². The Morgan fingerprint density at radius 1 is 1.33 bits per heavy atom. The van der Waals surface area contributed by atoms with Crippen molar-refractivity contribution in [2.24, 2.45) is 0 Å². The predicted octanol–water partition coefficient (Wildman–Crippen LogP) is -0.840. The number of rotatable bonds is 3. The summed E-state index contributed by atoms with van der Waals surface area (Å²) in [6.45, 7) is 0.464. The van der Waals surface area contributed by atoms with Gasteiger partial charge in [0.1, 0.15) is 6.04 Å². The Bertz CT molecular complexity index is 619. The number of hydrogen-bond donors (Lipinski definition) is 2. The number of esters is 1. The summed E-state index contributed by atoms with van der Waals surface area (Å²) in [4.78, 5) is 52.3. The third kappa shape index (κ3) is 3.59. The maximum atomic E-state index is 12.3. The van der Waals surface area contributed by atoms with Gasteiger partial charge in [0.05, 0.1) is 13.5 Å². The fourth-order valence-corrected chi connectivity index (χ4v) is 2.49. The molecule has 0 spiro atoms. The number of methoxy groups -OCH3 is 1. The molecule has 1 saturated heterocycles. The summed E-state index contributed by atoms with van der Waals surface area (Å²) in [6.07, 6.45) is 2.09. The van der Waals surface area contributed by atoms with E-state index >= 15 is 0 Å². The number of ether oxygens (including phenoxy) is 1. The van der Waals surface area contributed by atoms with Gasteiger partial charge in [-0.25, -0.2) is 9.59 Å². The minimum absolute atomic E-state index is 0.132. The number of carbonyl (C=O) groups is 2. The summed E-state index contributed by atoms with van der Waals surface area (Å²) in [5, 5.41) is 0. The first-order chi connectivity index (χ1) is 10.0. The van der Waals surface area contributed by atoms with Gasteiger partial charge in [-0.1, -0.05) is 0 Å². The highest BCUT2D eigenvalue weighted by Crippen LogP contribution is 2.19. The van der Waals surface area contributed by atoms with E-state index in [0.29, 0.717) is 13.0 Å². The average molecular weight is 295 g/mol. The van der Waals surface area contributed by atoms with Crippen molar-refractivity contribution in [3.63, 3.8) is 0 Å². The second-order valence-corrected chi connectivity index (χ2v) is 4.91. The molecule has 0 aliphatic carbocycles. The van der Waals surface area contributed by atoms with Crippen LogP contribution in [0.1, 0.15) is 25.0 Å². The first-order valence-electron chi connectivity index (χ1n) is 6.71. The Morgan fingerprint density at radius 3 is 2.76 bits per heavy atom. The third-order valence-corrected chi connectivity index (χ3v) is 3.45. The van der Waals surface area contributed by atoms with Crippen molar-refractivity contribution in [2.45, 2.75) is 31.7 Å². The lowest BCUT2D eigenvalue weighted by molar-refractivity contribution is -0.154. The van der Waals surface area contributed by atoms with Crippen LogP contribution in [0.2, 0.25) is 0 Å². The Morgan fingerprint density at radius 2 is 2.10 bits per heavy atom. The Kier molecular flexibility index (Phi) is 4.56. The molecule has 1 aromatic rings. The molecule has 1 amide bonds. The van der Waals surface area contributed by atoms with E-state index < -0.39 is 23.3 Å². The molecule has 0 bridgehead atoms. The topological polar surface area (TPSA) is 112 Å². The predicted molar refractivity (Wildman–Crippen MR) is 72.8 cm³/mol. The van der Waals surface area contributed by atoms with Crippen molar-refractivity contribution < 1.29 is 14.3 Å². The van der Waals surface area contributed by atoms with Gasteiger partial charge in [0.2, 0.25) is 5.91 Å². The number of piperidine rings is 1. The number of likely N-dealkylation sites (tertiary alicyclic amines) is 1. The zero-order valence-corrected chi connectivity index (χ0v) is 11.7. The Balaban J connectivity index is 2.15. The molecule has 114 valence electrons. The number of nitrogens with zero attached hydrogens (tertiary/aromatic N) is 1. The number of H-pyrrole nitrogens is 2. The summed E-state index contributed by atoms with van der Waals surface area (Å²) in [5.41, 5.74) is -0.999. The van der Waals surface area contributed by atoms with Crippen molar-refractivity contribution in [1.82, 2.24) is 14.9 Å². The normalized spacial score (nSPS) is 18.3. The van der Waals surface area contributed by atoms with Crippen LogP contribution >= 0.6 is 0 Å². The molecule has 1 aliphatic rings. The van der Waals surface area contributed by atoms with Gasteiger partial charge in [-0.05, 0) is 19.3 Å². The maximum Gasteiger partial charge on any atom is 0.328 e. The van der Waals surface area contributed by atoms with Crippen molar-refractivity contribution in [2.75, 3.05) is 13.7 Å². The van der Waals surface area contributed by atoms with Crippen LogP contribution in [0, 0.1) is 0 Å². The first kappa shape index (κ1) is 15.0. The van der Waals surface area contributed by atoms with Gasteiger partial charge in [-0.2, -0.15) is 0 Å². The van der Waals surface area contributed by atoms with Crippen LogP contribution in [0.5, 0.6) is 0 Å². The van der Waals surface area contributed by atoms with Crippen LogP contribution in [-0.4, -0.2) is 46.4 Å². The fraction of sp³-hybridized carbons (Fsp3) is 0.538. The minimum Gasteiger partial charge on any atom is -0.467 e. The summed E-state index contributed by atoms with van der Waals surface area (Å²) in [7, 11) is 1.29. The molecule has 2 N–H and O–H groups in total. The van der Waals surface area contributed by atoms with E-state index in [2.05, 4.69) is 4.98 Å². The zero-order chi connectivity index (χ0) is 15.4. The molecule has 0 radical (unpaired) electrons. The smallest absolute Gasteiger partial charge is 0.328 e. The van der Waals surface area contributed by atoms with Crippen molar-refractivity contribution in [1.29, 1.82) is 0 Å². The summed E-state index contributed by atoms with van der Waals surface area (Å²) in [6, 6.07) is 0.570. The van der Waals surface area contributed by atoms with E-state index in [0.717, 1.165) is 18.9 Å². The van der Waals surface area contributed by atoms with Gasteiger partial charge in [0.15, 0.2) is 0 Å². The lowest BCUT2D eigenvalue weighted by atomic mass is 10.0. The summed E-state index contributed by atoms with van der Waals surface area (Å²) >= 11 is 0. The molecule has 2 heterocycles. The van der Waals surface area contributed by atoms with E-state index in [-0.39, 0.29) is 18.0 Å². The van der Waals surface area contributed by atoms with Gasteiger partial charge < -0.3 is 14.6 Å². The largest absolute Gasteiger partial charge is 0.467 e. The van der Waals surface area contributed by atoms with Gasteiger partial charge in [-0.15, -0.1) is 0 Å². The average Bonchev–Trinajstić information content (AvgIpc) is 2.45. The highest BCUT2D eigenvalue weighted by Gasteiger charge is 2.32. The number of carbonyl (C=O) groups excluding carboxylic acids is 2. The van der Waals surface area contributed by atoms with E-state index in [4.69, 9.17) is 4.74 Å². The van der Waals surface area contributed by atoms with E-state index in [9.17, 15) is 19.2 Å². The second-order valence-electron chi connectivity index (χ2n) is 4.91. The monoisotopic (exact) mass is 295 g/mol. The van der Waals surface area contributed by atoms with Gasteiger partial charge in [0.25, 0.3) is 5.56 Å². The molecule has 8 nitrogen and oxygen atoms in total. The molecule has 1 unspecified atom stereocenters.